The molecule has 154 valence electrons. The van der Waals surface area contributed by atoms with Crippen LogP contribution in [0.3, 0.4) is 0 Å². The molecule has 29 heavy (non-hydrogen) atoms. The summed E-state index contributed by atoms with van der Waals surface area (Å²) in [5.74, 6) is 0.578. The van der Waals surface area contributed by atoms with Crippen molar-refractivity contribution in [1.82, 2.24) is 15.6 Å². The van der Waals surface area contributed by atoms with E-state index in [4.69, 9.17) is 0 Å². The van der Waals surface area contributed by atoms with Crippen molar-refractivity contribution < 1.29 is 9.18 Å². The normalized spacial score (nSPS) is 23.7. The zero-order valence-corrected chi connectivity index (χ0v) is 17.5. The molecule has 1 aromatic rings. The van der Waals surface area contributed by atoms with Crippen LogP contribution in [-0.2, 0) is 0 Å². The lowest BCUT2D eigenvalue weighted by atomic mass is 9.78. The molecule has 2 amide bonds. The number of carbonyl (C=O) groups excluding carboxylic acids is 1. The second-order valence-electron chi connectivity index (χ2n) is 8.49. The minimum absolute atomic E-state index is 0.0405. The fourth-order valence-corrected chi connectivity index (χ4v) is 4.79. The number of amides is 2. The largest absolute Gasteiger partial charge is 0.336 e. The van der Waals surface area contributed by atoms with E-state index in [-0.39, 0.29) is 17.9 Å². The van der Waals surface area contributed by atoms with Crippen molar-refractivity contribution >= 4 is 11.7 Å². The molecule has 6 heteroatoms. The smallest absolute Gasteiger partial charge is 0.317 e. The highest BCUT2D eigenvalue weighted by atomic mass is 19.1. The Morgan fingerprint density at radius 3 is 2.76 bits per heavy atom. The summed E-state index contributed by atoms with van der Waals surface area (Å²) in [6, 6.07) is 6.65. The van der Waals surface area contributed by atoms with Crippen molar-refractivity contribution in [3.63, 3.8) is 0 Å². The molecule has 0 saturated carbocycles. The van der Waals surface area contributed by atoms with Gasteiger partial charge in [0.1, 0.15) is 5.82 Å². The third-order valence-corrected chi connectivity index (χ3v) is 6.20. The van der Waals surface area contributed by atoms with Crippen LogP contribution in [0.25, 0.3) is 0 Å². The van der Waals surface area contributed by atoms with E-state index >= 15 is 0 Å². The molecule has 3 aliphatic rings. The highest BCUT2D eigenvalue weighted by Crippen LogP contribution is 2.48. The van der Waals surface area contributed by atoms with Crippen LogP contribution >= 0.6 is 0 Å². The Morgan fingerprint density at radius 1 is 1.34 bits per heavy atom. The standard InChI is InChI=1S/C23H29FN4O/c1-14(26-23(29)27(3)4)11-16-5-6-17-12-21-20(15(2)22(16)17)13-25-28(21)19-9-7-18(24)8-10-19/h7-10,12-16,25H,5-6,11H2,1-4H3,(H,26,29)/t14?,15-,16+/m0/s1. The summed E-state index contributed by atoms with van der Waals surface area (Å²) < 4.78 is 13.3. The average Bonchev–Trinajstić information content (AvgIpc) is 3.27. The first-order chi connectivity index (χ1) is 13.8. The molecule has 4 rings (SSSR count). The summed E-state index contributed by atoms with van der Waals surface area (Å²) in [7, 11) is 3.53. The van der Waals surface area contributed by atoms with Gasteiger partial charge in [-0.05, 0) is 68.0 Å². The van der Waals surface area contributed by atoms with Crippen LogP contribution in [0.15, 0.2) is 59.0 Å². The van der Waals surface area contributed by atoms with Gasteiger partial charge in [0.15, 0.2) is 0 Å². The van der Waals surface area contributed by atoms with Crippen molar-refractivity contribution in [2.45, 2.75) is 39.2 Å². The number of anilines is 1. The van der Waals surface area contributed by atoms with Gasteiger partial charge in [-0.1, -0.05) is 12.5 Å². The number of hydrazine groups is 1. The SMILES string of the molecule is CC(C[C@H]1CCC2=C1[C@@H](C)C1=CNN(c3ccc(F)cc3)C1=C2)NC(=O)N(C)C. The number of carbonyl (C=O) groups is 1. The Kier molecular flexibility index (Phi) is 5.11. The summed E-state index contributed by atoms with van der Waals surface area (Å²) in [6.07, 6.45) is 7.49. The van der Waals surface area contributed by atoms with Gasteiger partial charge in [-0.25, -0.2) is 9.18 Å². The molecule has 0 spiro atoms. The van der Waals surface area contributed by atoms with E-state index in [1.807, 2.05) is 5.01 Å². The number of allylic oxidation sites excluding steroid dienone is 4. The molecule has 2 aliphatic carbocycles. The van der Waals surface area contributed by atoms with Gasteiger partial charge in [0.05, 0.1) is 11.4 Å². The predicted octanol–water partition coefficient (Wildman–Crippen LogP) is 4.32. The van der Waals surface area contributed by atoms with Crippen LogP contribution < -0.4 is 15.8 Å². The van der Waals surface area contributed by atoms with E-state index in [2.05, 4.69) is 36.9 Å². The number of hydrogen-bond acceptors (Lipinski definition) is 3. The molecule has 0 fully saturated rings. The van der Waals surface area contributed by atoms with Crippen molar-refractivity contribution in [2.24, 2.45) is 11.8 Å². The quantitative estimate of drug-likeness (QED) is 0.797. The van der Waals surface area contributed by atoms with Crippen molar-refractivity contribution in [1.29, 1.82) is 0 Å². The van der Waals surface area contributed by atoms with E-state index in [9.17, 15) is 9.18 Å². The number of hydrogen-bond donors (Lipinski definition) is 2. The highest BCUT2D eigenvalue weighted by Gasteiger charge is 2.38. The Bertz CT molecular complexity index is 900. The minimum Gasteiger partial charge on any atom is -0.336 e. The monoisotopic (exact) mass is 396 g/mol. The molecule has 0 bridgehead atoms. The number of nitrogens with zero attached hydrogens (tertiary/aromatic N) is 2. The van der Waals surface area contributed by atoms with E-state index in [0.717, 1.165) is 30.6 Å². The predicted molar refractivity (Wildman–Crippen MR) is 113 cm³/mol. The third kappa shape index (κ3) is 3.63. The zero-order chi connectivity index (χ0) is 20.7. The fraction of sp³-hybridized carbons (Fsp3) is 0.435. The van der Waals surface area contributed by atoms with Crippen molar-refractivity contribution in [2.75, 3.05) is 19.1 Å². The molecule has 1 heterocycles. The topological polar surface area (TPSA) is 47.6 Å². The molecular formula is C23H29FN4O. The summed E-state index contributed by atoms with van der Waals surface area (Å²) in [6.45, 7) is 4.35. The van der Waals surface area contributed by atoms with Gasteiger partial charge in [0, 0.05) is 37.8 Å². The first kappa shape index (κ1) is 19.6. The van der Waals surface area contributed by atoms with Crippen LogP contribution in [0.4, 0.5) is 14.9 Å². The van der Waals surface area contributed by atoms with Gasteiger partial charge in [0.25, 0.3) is 0 Å². The van der Waals surface area contributed by atoms with Crippen LogP contribution in [0.1, 0.15) is 33.1 Å². The lowest BCUT2D eigenvalue weighted by Crippen LogP contribution is -2.41. The Morgan fingerprint density at radius 2 is 2.07 bits per heavy atom. The zero-order valence-electron chi connectivity index (χ0n) is 17.5. The number of fused-ring (bicyclic) bond motifs is 1. The highest BCUT2D eigenvalue weighted by molar-refractivity contribution is 5.73. The van der Waals surface area contributed by atoms with Gasteiger partial charge < -0.3 is 15.6 Å². The summed E-state index contributed by atoms with van der Waals surface area (Å²) in [5.41, 5.74) is 9.61. The van der Waals surface area contributed by atoms with E-state index in [1.165, 1.54) is 28.9 Å². The Balaban J connectivity index is 1.54. The second kappa shape index (κ2) is 7.58. The number of benzene rings is 1. The third-order valence-electron chi connectivity index (χ3n) is 6.20. The van der Waals surface area contributed by atoms with E-state index < -0.39 is 0 Å². The lowest BCUT2D eigenvalue weighted by molar-refractivity contribution is 0.212. The molecule has 0 aromatic heterocycles. The molecule has 5 nitrogen and oxygen atoms in total. The molecule has 1 aliphatic heterocycles. The molecule has 2 N–H and O–H groups in total. The lowest BCUT2D eigenvalue weighted by Gasteiger charge is -2.31. The van der Waals surface area contributed by atoms with Gasteiger partial charge >= 0.3 is 6.03 Å². The number of rotatable bonds is 4. The van der Waals surface area contributed by atoms with E-state index in [0.29, 0.717) is 11.8 Å². The number of urea groups is 1. The summed E-state index contributed by atoms with van der Waals surface area (Å²) in [4.78, 5) is 13.5. The molecule has 0 radical (unpaired) electrons. The molecule has 0 saturated heterocycles. The maximum absolute atomic E-state index is 13.3. The minimum atomic E-state index is -0.230. The van der Waals surface area contributed by atoms with Crippen LogP contribution in [0.2, 0.25) is 0 Å². The number of nitrogens with one attached hydrogen (secondary N) is 2. The molecule has 3 atom stereocenters. The Hall–Kier alpha value is -2.76. The van der Waals surface area contributed by atoms with Gasteiger partial charge in [-0.15, -0.1) is 0 Å². The van der Waals surface area contributed by atoms with Gasteiger partial charge in [-0.2, -0.15) is 0 Å². The molecule has 1 aromatic carbocycles. The van der Waals surface area contributed by atoms with Crippen molar-refractivity contribution in [3.05, 3.63) is 64.8 Å². The van der Waals surface area contributed by atoms with Gasteiger partial charge in [-0.3, -0.25) is 5.01 Å². The second-order valence-corrected chi connectivity index (χ2v) is 8.49. The first-order valence-corrected chi connectivity index (χ1v) is 10.3. The first-order valence-electron chi connectivity index (χ1n) is 10.3. The summed E-state index contributed by atoms with van der Waals surface area (Å²) >= 11 is 0. The van der Waals surface area contributed by atoms with Crippen LogP contribution in [0, 0.1) is 17.7 Å². The van der Waals surface area contributed by atoms with E-state index in [1.54, 1.807) is 31.1 Å². The maximum Gasteiger partial charge on any atom is 0.317 e. The van der Waals surface area contributed by atoms with Crippen LogP contribution in [0.5, 0.6) is 0 Å². The van der Waals surface area contributed by atoms with Crippen LogP contribution in [-0.4, -0.2) is 31.1 Å². The fourth-order valence-electron chi connectivity index (χ4n) is 4.79. The molecular weight excluding hydrogens is 367 g/mol. The maximum atomic E-state index is 13.3. The average molecular weight is 397 g/mol. The molecule has 1 unspecified atom stereocenters. The Labute approximate surface area is 171 Å². The van der Waals surface area contributed by atoms with Crippen molar-refractivity contribution in [3.8, 4) is 0 Å². The number of halogens is 1. The summed E-state index contributed by atoms with van der Waals surface area (Å²) in [5, 5.41) is 5.11. The van der Waals surface area contributed by atoms with Gasteiger partial charge in [0.2, 0.25) is 0 Å².